The lowest BCUT2D eigenvalue weighted by Crippen LogP contribution is -2.21. The van der Waals surface area contributed by atoms with Gasteiger partial charge in [0.1, 0.15) is 5.82 Å². The van der Waals surface area contributed by atoms with E-state index >= 15 is 0 Å². The molecule has 4 rings (SSSR count). The summed E-state index contributed by atoms with van der Waals surface area (Å²) in [5.74, 6) is 1.09. The van der Waals surface area contributed by atoms with E-state index < -0.39 is 0 Å². The number of nitrogens with one attached hydrogen (secondary N) is 2. The van der Waals surface area contributed by atoms with Crippen molar-refractivity contribution in [1.82, 2.24) is 9.97 Å². The van der Waals surface area contributed by atoms with Gasteiger partial charge in [-0.3, -0.25) is 0 Å². The van der Waals surface area contributed by atoms with Crippen LogP contribution in [0.2, 0.25) is 0 Å². The van der Waals surface area contributed by atoms with Crippen molar-refractivity contribution in [3.05, 3.63) is 59.4 Å². The molecule has 0 fully saturated rings. The van der Waals surface area contributed by atoms with Gasteiger partial charge in [-0.1, -0.05) is 30.3 Å². The zero-order valence-corrected chi connectivity index (χ0v) is 12.9. The van der Waals surface area contributed by atoms with E-state index in [0.29, 0.717) is 6.04 Å². The van der Waals surface area contributed by atoms with Gasteiger partial charge in [-0.2, -0.15) is 0 Å². The summed E-state index contributed by atoms with van der Waals surface area (Å²) in [5, 5.41) is 3.57. The molecule has 2 N–H and O–H groups in total. The van der Waals surface area contributed by atoms with Crippen LogP contribution in [0.5, 0.6) is 0 Å². The molecule has 0 unspecified atom stereocenters. The average Bonchev–Trinajstić information content (AvgIpc) is 2.97. The summed E-state index contributed by atoms with van der Waals surface area (Å²) in [5.41, 5.74) is 6.31. The number of hydrogen-bond acceptors (Lipinski definition) is 2. The summed E-state index contributed by atoms with van der Waals surface area (Å²) in [6, 6.07) is 15.5. The van der Waals surface area contributed by atoms with Gasteiger partial charge in [0.15, 0.2) is 0 Å². The largest absolute Gasteiger partial charge is 0.382 e. The Morgan fingerprint density at radius 3 is 2.82 bits per heavy atom. The van der Waals surface area contributed by atoms with E-state index in [1.807, 2.05) is 0 Å². The van der Waals surface area contributed by atoms with Crippen LogP contribution in [-0.4, -0.2) is 16.0 Å². The summed E-state index contributed by atoms with van der Waals surface area (Å²) < 4.78 is 0. The average molecular weight is 291 g/mol. The Bertz CT molecular complexity index is 789. The Hall–Kier alpha value is -2.29. The molecule has 0 radical (unpaired) electrons. The van der Waals surface area contributed by atoms with E-state index in [0.717, 1.165) is 36.1 Å². The number of anilines is 1. The lowest BCUT2D eigenvalue weighted by atomic mass is 9.98. The fourth-order valence-electron chi connectivity index (χ4n) is 3.30. The summed E-state index contributed by atoms with van der Waals surface area (Å²) >= 11 is 0. The van der Waals surface area contributed by atoms with Crippen molar-refractivity contribution in [3.8, 4) is 0 Å². The molecular weight excluding hydrogens is 270 g/mol. The maximum atomic E-state index is 4.87. The van der Waals surface area contributed by atoms with Crippen LogP contribution in [0, 0.1) is 0 Å². The van der Waals surface area contributed by atoms with Gasteiger partial charge in [-0.25, -0.2) is 4.98 Å². The Labute approximate surface area is 130 Å². The van der Waals surface area contributed by atoms with Crippen LogP contribution in [0.4, 0.5) is 5.69 Å². The van der Waals surface area contributed by atoms with E-state index in [1.165, 1.54) is 23.2 Å². The van der Waals surface area contributed by atoms with E-state index in [9.17, 15) is 0 Å². The summed E-state index contributed by atoms with van der Waals surface area (Å²) in [4.78, 5) is 8.36. The fraction of sp³-hybridized carbons (Fsp3) is 0.316. The predicted octanol–water partition coefficient (Wildman–Crippen LogP) is 4.09. The van der Waals surface area contributed by atoms with Crippen molar-refractivity contribution in [2.24, 2.45) is 0 Å². The molecule has 0 bridgehead atoms. The topological polar surface area (TPSA) is 40.7 Å². The first-order chi connectivity index (χ1) is 10.8. The molecule has 1 aliphatic rings. The van der Waals surface area contributed by atoms with E-state index in [-0.39, 0.29) is 0 Å². The van der Waals surface area contributed by atoms with Crippen molar-refractivity contribution in [2.45, 2.75) is 38.6 Å². The Morgan fingerprint density at radius 2 is 1.95 bits per heavy atom. The second-order valence-electron chi connectivity index (χ2n) is 6.24. The molecule has 1 aromatic heterocycles. The van der Waals surface area contributed by atoms with Crippen LogP contribution in [0.3, 0.4) is 0 Å². The number of benzene rings is 2. The van der Waals surface area contributed by atoms with E-state index in [2.05, 4.69) is 59.7 Å². The number of fused-ring (bicyclic) bond motifs is 3. The van der Waals surface area contributed by atoms with Gasteiger partial charge in [0, 0.05) is 23.7 Å². The van der Waals surface area contributed by atoms with E-state index in [1.54, 1.807) is 0 Å². The second-order valence-corrected chi connectivity index (χ2v) is 6.24. The first kappa shape index (κ1) is 13.4. The van der Waals surface area contributed by atoms with E-state index in [4.69, 9.17) is 4.98 Å². The third kappa shape index (κ3) is 2.47. The van der Waals surface area contributed by atoms with Crippen molar-refractivity contribution in [3.63, 3.8) is 0 Å². The molecule has 3 nitrogen and oxygen atoms in total. The molecule has 3 heteroatoms. The van der Waals surface area contributed by atoms with Crippen LogP contribution in [-0.2, 0) is 19.3 Å². The van der Waals surface area contributed by atoms with Crippen molar-refractivity contribution in [2.75, 3.05) is 5.32 Å². The molecule has 0 aliphatic carbocycles. The van der Waals surface area contributed by atoms with Crippen LogP contribution < -0.4 is 5.32 Å². The van der Waals surface area contributed by atoms with Crippen LogP contribution in [0.25, 0.3) is 11.0 Å². The molecule has 3 aromatic rings. The molecule has 0 saturated carbocycles. The summed E-state index contributed by atoms with van der Waals surface area (Å²) in [6.07, 6.45) is 4.28. The highest BCUT2D eigenvalue weighted by atomic mass is 15.0. The van der Waals surface area contributed by atoms with Crippen molar-refractivity contribution in [1.29, 1.82) is 0 Å². The molecule has 22 heavy (non-hydrogen) atoms. The highest BCUT2D eigenvalue weighted by Gasteiger charge is 2.18. The normalized spacial score (nSPS) is 17.2. The zero-order valence-electron chi connectivity index (χ0n) is 12.9. The monoisotopic (exact) mass is 291 g/mol. The number of imidazole rings is 1. The molecule has 112 valence electrons. The Kier molecular flexibility index (Phi) is 3.34. The molecule has 0 spiro atoms. The van der Waals surface area contributed by atoms with Crippen molar-refractivity contribution >= 4 is 16.7 Å². The summed E-state index contributed by atoms with van der Waals surface area (Å²) in [6.45, 7) is 2.24. The van der Waals surface area contributed by atoms with Gasteiger partial charge >= 0.3 is 0 Å². The fourth-order valence-corrected chi connectivity index (χ4v) is 3.30. The predicted molar refractivity (Wildman–Crippen MR) is 91.3 cm³/mol. The summed E-state index contributed by atoms with van der Waals surface area (Å²) in [7, 11) is 0. The standard InChI is InChI=1S/C19H21N3/c1-13-7-9-15-16(20-13)10-11-17-19(15)22-18(21-17)12-8-14-5-3-2-4-6-14/h2-6,10-11,13,20H,7-9,12H2,1H3,(H,21,22)/t13-/m0/s1. The molecular formula is C19H21N3. The van der Waals surface area contributed by atoms with Crippen LogP contribution in [0.1, 0.15) is 30.3 Å². The Morgan fingerprint density at radius 1 is 1.09 bits per heavy atom. The lowest BCUT2D eigenvalue weighted by Gasteiger charge is -2.24. The van der Waals surface area contributed by atoms with Crippen LogP contribution in [0.15, 0.2) is 42.5 Å². The van der Waals surface area contributed by atoms with Crippen LogP contribution >= 0.6 is 0 Å². The Balaban J connectivity index is 1.61. The third-order valence-electron chi connectivity index (χ3n) is 4.53. The lowest BCUT2D eigenvalue weighted by molar-refractivity contribution is 0.683. The number of aryl methyl sites for hydroxylation is 3. The molecule has 0 amide bonds. The first-order valence-corrected chi connectivity index (χ1v) is 8.10. The SMILES string of the molecule is C[C@H]1CCc2c(ccc3[nH]c(CCc4ccccc4)nc23)N1. The molecule has 1 aliphatic heterocycles. The number of rotatable bonds is 3. The van der Waals surface area contributed by atoms with Gasteiger partial charge < -0.3 is 10.3 Å². The molecule has 1 atom stereocenters. The minimum absolute atomic E-state index is 0.557. The highest BCUT2D eigenvalue weighted by molar-refractivity contribution is 5.85. The number of hydrogen-bond donors (Lipinski definition) is 2. The highest BCUT2D eigenvalue weighted by Crippen LogP contribution is 2.30. The smallest absolute Gasteiger partial charge is 0.107 e. The first-order valence-electron chi connectivity index (χ1n) is 8.10. The quantitative estimate of drug-likeness (QED) is 0.763. The van der Waals surface area contributed by atoms with Gasteiger partial charge in [0.25, 0.3) is 0 Å². The number of aromatic amines is 1. The maximum absolute atomic E-state index is 4.87. The van der Waals surface area contributed by atoms with Gasteiger partial charge in [-0.05, 0) is 43.9 Å². The molecule has 2 heterocycles. The number of aromatic nitrogens is 2. The zero-order chi connectivity index (χ0) is 14.9. The van der Waals surface area contributed by atoms with Crippen molar-refractivity contribution < 1.29 is 0 Å². The maximum Gasteiger partial charge on any atom is 0.107 e. The van der Waals surface area contributed by atoms with Gasteiger partial charge in [-0.15, -0.1) is 0 Å². The second kappa shape index (κ2) is 5.48. The number of nitrogens with zero attached hydrogens (tertiary/aromatic N) is 1. The van der Waals surface area contributed by atoms with Gasteiger partial charge in [0.05, 0.1) is 11.0 Å². The minimum atomic E-state index is 0.557. The third-order valence-corrected chi connectivity index (χ3v) is 4.53. The number of H-pyrrole nitrogens is 1. The molecule has 2 aromatic carbocycles. The van der Waals surface area contributed by atoms with Gasteiger partial charge in [0.2, 0.25) is 0 Å². The molecule has 0 saturated heterocycles. The minimum Gasteiger partial charge on any atom is -0.382 e.